The highest BCUT2D eigenvalue weighted by Crippen LogP contribution is 2.14. The second-order valence-corrected chi connectivity index (χ2v) is 19.2. The molecule has 0 heterocycles. The van der Waals surface area contributed by atoms with Crippen molar-refractivity contribution in [1.82, 2.24) is 0 Å². The molecule has 0 aliphatic rings. The molecule has 0 aliphatic heterocycles. The lowest BCUT2D eigenvalue weighted by Gasteiger charge is -2.18. The van der Waals surface area contributed by atoms with Crippen LogP contribution in [0.5, 0.6) is 0 Å². The summed E-state index contributed by atoms with van der Waals surface area (Å²) < 4.78 is 16.8. The summed E-state index contributed by atoms with van der Waals surface area (Å²) in [5, 5.41) is 0. The number of carbonyl (C=O) groups is 3. The Hall–Kier alpha value is -3.15. The van der Waals surface area contributed by atoms with E-state index in [9.17, 15) is 14.4 Å². The number of allylic oxidation sites excluding steroid dienone is 12. The zero-order valence-corrected chi connectivity index (χ0v) is 44.9. The molecule has 0 bridgehead atoms. The summed E-state index contributed by atoms with van der Waals surface area (Å²) in [5.74, 6) is -0.909. The Bertz CT molecular complexity index is 1270. The molecule has 0 N–H and O–H groups in total. The maximum atomic E-state index is 12.8. The average molecular weight is 950 g/mol. The average Bonchev–Trinajstić information content (AvgIpc) is 3.34. The van der Waals surface area contributed by atoms with Crippen molar-refractivity contribution >= 4 is 17.9 Å². The number of ether oxygens (including phenoxy) is 3. The van der Waals surface area contributed by atoms with Crippen LogP contribution >= 0.6 is 0 Å². The van der Waals surface area contributed by atoms with Crippen LogP contribution in [0.2, 0.25) is 0 Å². The Morgan fingerprint density at radius 3 is 0.868 bits per heavy atom. The standard InChI is InChI=1S/C62H108O6/c1-4-7-10-13-16-19-22-25-27-29-30-31-32-34-35-37-40-43-46-49-52-55-61(64)67-58-59(57-66-60(63)54-51-48-45-42-39-24-21-18-15-12-9-6-3)68-62(65)56-53-50-47-44-41-38-36-33-28-26-23-20-17-14-11-8-5-2/h17-18,20-22,25-26,28-30,32,34,59H,4-16,19,23-24,27,31,33,35-58H2,1-3H3/b20-17-,21-18-,25-22-,28-26-,30-29-,34-32-. The van der Waals surface area contributed by atoms with Crippen molar-refractivity contribution in [2.75, 3.05) is 13.2 Å². The van der Waals surface area contributed by atoms with Crippen LogP contribution in [0, 0.1) is 0 Å². The van der Waals surface area contributed by atoms with Gasteiger partial charge in [-0.3, -0.25) is 14.4 Å². The molecule has 0 fully saturated rings. The molecule has 0 saturated heterocycles. The first-order valence-corrected chi connectivity index (χ1v) is 28.9. The van der Waals surface area contributed by atoms with Gasteiger partial charge in [0.1, 0.15) is 13.2 Å². The van der Waals surface area contributed by atoms with Crippen LogP contribution in [-0.2, 0) is 28.6 Å². The van der Waals surface area contributed by atoms with E-state index in [4.69, 9.17) is 14.2 Å². The van der Waals surface area contributed by atoms with E-state index in [-0.39, 0.29) is 31.1 Å². The summed E-state index contributed by atoms with van der Waals surface area (Å²) in [7, 11) is 0. The smallest absolute Gasteiger partial charge is 0.306 e. The van der Waals surface area contributed by atoms with E-state index >= 15 is 0 Å². The molecule has 0 aromatic heterocycles. The van der Waals surface area contributed by atoms with E-state index < -0.39 is 6.10 Å². The van der Waals surface area contributed by atoms with Crippen LogP contribution in [0.1, 0.15) is 284 Å². The van der Waals surface area contributed by atoms with Gasteiger partial charge in [-0.25, -0.2) is 0 Å². The summed E-state index contributed by atoms with van der Waals surface area (Å²) in [6.07, 6.45) is 71.7. The third-order valence-electron chi connectivity index (χ3n) is 12.4. The lowest BCUT2D eigenvalue weighted by molar-refractivity contribution is -0.167. The highest BCUT2D eigenvalue weighted by Gasteiger charge is 2.19. The molecule has 68 heavy (non-hydrogen) atoms. The zero-order chi connectivity index (χ0) is 49.3. The predicted octanol–water partition coefficient (Wildman–Crippen LogP) is 19.4. The normalized spacial score (nSPS) is 12.6. The minimum atomic E-state index is -0.789. The Balaban J connectivity index is 4.38. The van der Waals surface area contributed by atoms with Gasteiger partial charge in [-0.15, -0.1) is 0 Å². The van der Waals surface area contributed by atoms with Crippen molar-refractivity contribution in [3.63, 3.8) is 0 Å². The van der Waals surface area contributed by atoms with E-state index in [2.05, 4.69) is 93.7 Å². The van der Waals surface area contributed by atoms with E-state index in [0.717, 1.165) is 96.3 Å². The Morgan fingerprint density at radius 2 is 0.529 bits per heavy atom. The number of hydrogen-bond acceptors (Lipinski definition) is 6. The summed E-state index contributed by atoms with van der Waals surface area (Å²) in [6, 6.07) is 0. The fraction of sp³-hybridized carbons (Fsp3) is 0.758. The first-order chi connectivity index (χ1) is 33.5. The van der Waals surface area contributed by atoms with Gasteiger partial charge in [0.05, 0.1) is 0 Å². The molecule has 0 amide bonds. The van der Waals surface area contributed by atoms with Crippen LogP contribution in [0.25, 0.3) is 0 Å². The SMILES string of the molecule is CCCCC/C=C\C/C=C\CCCCCCCCCC(=O)OC(COC(=O)CCCCCCC/C=C\CCCCC)COC(=O)CCCCCCCC/C=C\C/C=C\C/C=C\CCCCCCC. The quantitative estimate of drug-likeness (QED) is 0.0262. The molecule has 392 valence electrons. The van der Waals surface area contributed by atoms with Crippen molar-refractivity contribution < 1.29 is 28.6 Å². The molecule has 0 radical (unpaired) electrons. The molecule has 0 aliphatic carbocycles. The minimum Gasteiger partial charge on any atom is -0.462 e. The van der Waals surface area contributed by atoms with Gasteiger partial charge in [0.25, 0.3) is 0 Å². The largest absolute Gasteiger partial charge is 0.462 e. The molecule has 0 spiro atoms. The molecule has 0 aromatic carbocycles. The number of carbonyl (C=O) groups excluding carboxylic acids is 3. The van der Waals surface area contributed by atoms with Crippen LogP contribution in [0.3, 0.4) is 0 Å². The van der Waals surface area contributed by atoms with Gasteiger partial charge in [-0.1, -0.05) is 222 Å². The summed E-state index contributed by atoms with van der Waals surface area (Å²) in [5.41, 5.74) is 0. The van der Waals surface area contributed by atoms with Crippen LogP contribution in [-0.4, -0.2) is 37.2 Å². The highest BCUT2D eigenvalue weighted by atomic mass is 16.6. The van der Waals surface area contributed by atoms with Crippen LogP contribution in [0.4, 0.5) is 0 Å². The van der Waals surface area contributed by atoms with Crippen LogP contribution < -0.4 is 0 Å². The van der Waals surface area contributed by atoms with Gasteiger partial charge in [-0.2, -0.15) is 0 Å². The first kappa shape index (κ1) is 64.8. The molecule has 6 heteroatoms. The first-order valence-electron chi connectivity index (χ1n) is 28.9. The summed E-state index contributed by atoms with van der Waals surface area (Å²) in [6.45, 7) is 6.57. The molecule has 6 nitrogen and oxygen atoms in total. The van der Waals surface area contributed by atoms with Crippen molar-refractivity contribution in [3.8, 4) is 0 Å². The molecular weight excluding hydrogens is 841 g/mol. The second-order valence-electron chi connectivity index (χ2n) is 19.2. The Kier molecular flexibility index (Phi) is 53.8. The van der Waals surface area contributed by atoms with Gasteiger partial charge < -0.3 is 14.2 Å². The zero-order valence-electron chi connectivity index (χ0n) is 44.9. The monoisotopic (exact) mass is 949 g/mol. The van der Waals surface area contributed by atoms with E-state index in [0.29, 0.717) is 19.3 Å². The molecule has 0 saturated carbocycles. The second kappa shape index (κ2) is 56.4. The fourth-order valence-electron chi connectivity index (χ4n) is 8.00. The topological polar surface area (TPSA) is 78.9 Å². The van der Waals surface area contributed by atoms with E-state index in [1.807, 2.05) is 0 Å². The van der Waals surface area contributed by atoms with Gasteiger partial charge in [0.15, 0.2) is 6.10 Å². The predicted molar refractivity (Wildman–Crippen MR) is 293 cm³/mol. The lowest BCUT2D eigenvalue weighted by atomic mass is 10.1. The van der Waals surface area contributed by atoms with Crippen LogP contribution in [0.15, 0.2) is 72.9 Å². The van der Waals surface area contributed by atoms with Gasteiger partial charge in [0, 0.05) is 19.3 Å². The number of rotatable bonds is 52. The Labute approximate surface area is 421 Å². The summed E-state index contributed by atoms with van der Waals surface area (Å²) >= 11 is 0. The number of esters is 3. The minimum absolute atomic E-state index is 0.0871. The maximum absolute atomic E-state index is 12.8. The third kappa shape index (κ3) is 53.8. The summed E-state index contributed by atoms with van der Waals surface area (Å²) in [4.78, 5) is 38.1. The van der Waals surface area contributed by atoms with Gasteiger partial charge in [-0.05, 0) is 116 Å². The van der Waals surface area contributed by atoms with Crippen molar-refractivity contribution in [2.45, 2.75) is 290 Å². The van der Waals surface area contributed by atoms with Crippen molar-refractivity contribution in [3.05, 3.63) is 72.9 Å². The molecular formula is C62H108O6. The van der Waals surface area contributed by atoms with Gasteiger partial charge in [0.2, 0.25) is 0 Å². The maximum Gasteiger partial charge on any atom is 0.306 e. The third-order valence-corrected chi connectivity index (χ3v) is 12.4. The molecule has 1 unspecified atom stereocenters. The molecule has 1 atom stereocenters. The molecule has 0 aromatic rings. The highest BCUT2D eigenvalue weighted by molar-refractivity contribution is 5.71. The molecule has 0 rings (SSSR count). The Morgan fingerprint density at radius 1 is 0.294 bits per heavy atom. The van der Waals surface area contributed by atoms with E-state index in [1.54, 1.807) is 0 Å². The fourth-order valence-corrected chi connectivity index (χ4v) is 8.00. The van der Waals surface area contributed by atoms with Gasteiger partial charge >= 0.3 is 17.9 Å². The van der Waals surface area contributed by atoms with Crippen molar-refractivity contribution in [2.24, 2.45) is 0 Å². The lowest BCUT2D eigenvalue weighted by Crippen LogP contribution is -2.30. The van der Waals surface area contributed by atoms with E-state index in [1.165, 1.54) is 148 Å². The van der Waals surface area contributed by atoms with Crippen molar-refractivity contribution in [1.29, 1.82) is 0 Å². The number of hydrogen-bond donors (Lipinski definition) is 0. The number of unbranched alkanes of at least 4 members (excludes halogenated alkanes) is 29.